The molecular weight excluding hydrogens is 467 g/mol. The van der Waals surface area contributed by atoms with Gasteiger partial charge in [-0.3, -0.25) is 4.79 Å². The number of nitrogens with one attached hydrogen (secondary N) is 2. The van der Waals surface area contributed by atoms with E-state index in [9.17, 15) is 9.59 Å². The fourth-order valence-electron chi connectivity index (χ4n) is 6.61. The Hall–Kier alpha value is -2.06. The van der Waals surface area contributed by atoms with Gasteiger partial charge in [-0.15, -0.1) is 0 Å². The predicted octanol–water partition coefficient (Wildman–Crippen LogP) is 4.92. The molecule has 204 valence electrons. The van der Waals surface area contributed by atoms with E-state index in [1.165, 1.54) is 6.42 Å². The number of benzene rings is 1. The molecule has 0 aromatic heterocycles. The Morgan fingerprint density at radius 2 is 1.78 bits per heavy atom. The fourth-order valence-corrected chi connectivity index (χ4v) is 6.61. The summed E-state index contributed by atoms with van der Waals surface area (Å²) in [7, 11) is -0.518. The molecule has 8 heteroatoms. The lowest BCUT2D eigenvalue weighted by Crippen LogP contribution is -2.65. The molecule has 4 aliphatic rings. The van der Waals surface area contributed by atoms with E-state index >= 15 is 0 Å². The summed E-state index contributed by atoms with van der Waals surface area (Å²) in [6.07, 6.45) is 2.66. The van der Waals surface area contributed by atoms with E-state index in [1.54, 1.807) is 20.8 Å². The average molecular weight is 513 g/mol. The molecule has 1 saturated heterocycles. The Morgan fingerprint density at radius 3 is 2.38 bits per heavy atom. The van der Waals surface area contributed by atoms with Crippen molar-refractivity contribution in [3.8, 4) is 0 Å². The molecule has 2 amide bonds. The molecule has 2 unspecified atom stereocenters. The lowest BCUT2D eigenvalue weighted by atomic mass is 9.43. The number of alkyl carbamates (subject to hydrolysis) is 1. The van der Waals surface area contributed by atoms with Gasteiger partial charge in [0.05, 0.1) is 17.6 Å². The van der Waals surface area contributed by atoms with Gasteiger partial charge < -0.3 is 24.7 Å². The van der Waals surface area contributed by atoms with Crippen LogP contribution in [-0.2, 0) is 25.3 Å². The SMILES string of the molecule is CC(C)C[C@H](NC(=O)C(Cc1ccccc1)NC(=O)OC(C)(C)C)B1O[C@@H]2CC3C[C@@H](C3(C)C)[C@]2(C)O1. The summed E-state index contributed by atoms with van der Waals surface area (Å²) in [5.41, 5.74) is 0.191. The average Bonchev–Trinajstić information content (AvgIpc) is 3.14. The fraction of sp³-hybridized carbons (Fsp3) is 0.724. The second-order valence-corrected chi connectivity index (χ2v) is 13.5. The molecule has 6 atom stereocenters. The molecule has 3 aliphatic carbocycles. The van der Waals surface area contributed by atoms with E-state index in [0.717, 1.165) is 12.0 Å². The smallest absolute Gasteiger partial charge is 0.444 e. The van der Waals surface area contributed by atoms with Gasteiger partial charge in [0, 0.05) is 6.42 Å². The number of amides is 2. The minimum atomic E-state index is -0.794. The Morgan fingerprint density at radius 1 is 1.11 bits per heavy atom. The molecule has 7 nitrogen and oxygen atoms in total. The van der Waals surface area contributed by atoms with E-state index in [1.807, 2.05) is 30.3 Å². The molecule has 0 radical (unpaired) electrons. The molecule has 2 bridgehead atoms. The summed E-state index contributed by atoms with van der Waals surface area (Å²) >= 11 is 0. The monoisotopic (exact) mass is 512 g/mol. The summed E-state index contributed by atoms with van der Waals surface area (Å²) in [5.74, 6) is 0.837. The zero-order valence-corrected chi connectivity index (χ0v) is 23.8. The maximum atomic E-state index is 13.7. The highest BCUT2D eigenvalue weighted by Gasteiger charge is 2.68. The highest BCUT2D eigenvalue weighted by atomic mass is 16.7. The quantitative estimate of drug-likeness (QED) is 0.483. The van der Waals surface area contributed by atoms with Gasteiger partial charge in [0.1, 0.15) is 11.6 Å². The van der Waals surface area contributed by atoms with Crippen LogP contribution in [0.15, 0.2) is 30.3 Å². The highest BCUT2D eigenvalue weighted by molar-refractivity contribution is 6.47. The van der Waals surface area contributed by atoms with Crippen LogP contribution in [-0.4, -0.2) is 48.4 Å². The third kappa shape index (κ3) is 6.01. The standard InChI is InChI=1S/C29H45BN2O5/c1-18(2)14-24(30-36-23-17-20-16-22(28(20,6)7)29(23,8)37-30)32-25(33)21(15-19-12-10-9-11-13-19)31-26(34)35-27(3,4)5/h9-13,18,20-24H,14-17H2,1-8H3,(H,31,34)(H,32,33)/t20?,21?,22-,23+,24-,29-/m0/s1. The van der Waals surface area contributed by atoms with Crippen LogP contribution < -0.4 is 10.6 Å². The zero-order chi connectivity index (χ0) is 27.2. The van der Waals surface area contributed by atoms with Crippen LogP contribution >= 0.6 is 0 Å². The van der Waals surface area contributed by atoms with Crippen LogP contribution in [0.2, 0.25) is 0 Å². The van der Waals surface area contributed by atoms with Crippen molar-refractivity contribution in [2.75, 3.05) is 0 Å². The van der Waals surface area contributed by atoms with Gasteiger partial charge >= 0.3 is 13.2 Å². The van der Waals surface area contributed by atoms with Gasteiger partial charge in [-0.1, -0.05) is 58.0 Å². The Balaban J connectivity index is 1.50. The van der Waals surface area contributed by atoms with Crippen LogP contribution in [0.25, 0.3) is 0 Å². The molecule has 1 aromatic carbocycles. The number of hydrogen-bond acceptors (Lipinski definition) is 5. The van der Waals surface area contributed by atoms with Crippen LogP contribution in [0.4, 0.5) is 4.79 Å². The maximum Gasteiger partial charge on any atom is 0.481 e. The number of rotatable bonds is 8. The van der Waals surface area contributed by atoms with Crippen LogP contribution in [0.3, 0.4) is 0 Å². The zero-order valence-electron chi connectivity index (χ0n) is 23.8. The van der Waals surface area contributed by atoms with E-state index in [2.05, 4.69) is 45.3 Å². The molecule has 37 heavy (non-hydrogen) atoms. The second kappa shape index (κ2) is 10.3. The van der Waals surface area contributed by atoms with Crippen molar-refractivity contribution >= 4 is 19.1 Å². The Bertz CT molecular complexity index is 978. The molecule has 1 aliphatic heterocycles. The van der Waals surface area contributed by atoms with Gasteiger partial charge in [-0.05, 0) is 75.7 Å². The van der Waals surface area contributed by atoms with E-state index < -0.39 is 24.9 Å². The molecule has 0 spiro atoms. The minimum absolute atomic E-state index is 0.0424. The van der Waals surface area contributed by atoms with Gasteiger partial charge in [0.2, 0.25) is 5.91 Å². The molecule has 5 rings (SSSR count). The summed E-state index contributed by atoms with van der Waals surface area (Å²) in [6.45, 7) is 16.5. The first-order valence-corrected chi connectivity index (χ1v) is 13.9. The second-order valence-electron chi connectivity index (χ2n) is 13.5. The van der Waals surface area contributed by atoms with Crippen LogP contribution in [0.5, 0.6) is 0 Å². The van der Waals surface area contributed by atoms with Gasteiger partial charge in [0.25, 0.3) is 0 Å². The lowest BCUT2D eigenvalue weighted by Gasteiger charge is -2.64. The first kappa shape index (κ1) is 28.0. The van der Waals surface area contributed by atoms with Crippen LogP contribution in [0.1, 0.15) is 80.2 Å². The highest BCUT2D eigenvalue weighted by Crippen LogP contribution is 2.65. The molecule has 3 saturated carbocycles. The van der Waals surface area contributed by atoms with E-state index in [-0.39, 0.29) is 29.0 Å². The molecule has 1 aromatic rings. The summed E-state index contributed by atoms with van der Waals surface area (Å²) < 4.78 is 18.7. The van der Waals surface area contributed by atoms with Crippen LogP contribution in [0, 0.1) is 23.2 Å². The number of hydrogen-bond donors (Lipinski definition) is 2. The van der Waals surface area contributed by atoms with Gasteiger partial charge in [-0.25, -0.2) is 4.79 Å². The Kier molecular flexibility index (Phi) is 7.75. The Labute approximate surface area is 222 Å². The number of carbonyl (C=O) groups is 2. The van der Waals surface area contributed by atoms with Crippen molar-refractivity contribution in [1.82, 2.24) is 10.6 Å². The van der Waals surface area contributed by atoms with Gasteiger partial charge in [-0.2, -0.15) is 0 Å². The molecule has 2 N–H and O–H groups in total. The van der Waals surface area contributed by atoms with Crippen molar-refractivity contribution in [3.05, 3.63) is 35.9 Å². The topological polar surface area (TPSA) is 85.9 Å². The third-order valence-corrected chi connectivity index (χ3v) is 8.64. The number of carbonyl (C=O) groups excluding carboxylic acids is 2. The minimum Gasteiger partial charge on any atom is -0.444 e. The summed E-state index contributed by atoms with van der Waals surface area (Å²) in [4.78, 5) is 26.3. The summed E-state index contributed by atoms with van der Waals surface area (Å²) in [6, 6.07) is 8.89. The van der Waals surface area contributed by atoms with E-state index in [0.29, 0.717) is 30.6 Å². The van der Waals surface area contributed by atoms with Gasteiger partial charge in [0.15, 0.2) is 0 Å². The normalized spacial score (nSPS) is 29.6. The number of ether oxygens (including phenoxy) is 1. The largest absolute Gasteiger partial charge is 0.481 e. The van der Waals surface area contributed by atoms with Crippen molar-refractivity contribution in [2.45, 2.75) is 110 Å². The van der Waals surface area contributed by atoms with E-state index in [4.69, 9.17) is 14.0 Å². The maximum absolute atomic E-state index is 13.7. The molecule has 1 heterocycles. The van der Waals surface area contributed by atoms with Crippen molar-refractivity contribution in [3.63, 3.8) is 0 Å². The molecular formula is C29H45BN2O5. The predicted molar refractivity (Wildman–Crippen MR) is 145 cm³/mol. The summed E-state index contributed by atoms with van der Waals surface area (Å²) in [5, 5.41) is 5.99. The third-order valence-electron chi connectivity index (χ3n) is 8.64. The van der Waals surface area contributed by atoms with Crippen molar-refractivity contribution in [2.24, 2.45) is 23.2 Å². The first-order valence-electron chi connectivity index (χ1n) is 13.9. The molecule has 4 fully saturated rings. The lowest BCUT2D eigenvalue weighted by molar-refractivity contribution is -0.199. The first-order chi connectivity index (χ1) is 17.2. The van der Waals surface area contributed by atoms with Crippen molar-refractivity contribution in [1.29, 1.82) is 0 Å². The van der Waals surface area contributed by atoms with Crippen molar-refractivity contribution < 1.29 is 23.6 Å².